The summed E-state index contributed by atoms with van der Waals surface area (Å²) in [5.41, 5.74) is 1.37. The van der Waals surface area contributed by atoms with Crippen LogP contribution in [0.3, 0.4) is 0 Å². The lowest BCUT2D eigenvalue weighted by atomic mass is 10.1. The molecule has 1 nitrogen and oxygen atoms in total. The Kier molecular flexibility index (Phi) is 1.50. The summed E-state index contributed by atoms with van der Waals surface area (Å²) in [6.07, 6.45) is 0. The molecule has 0 N–H and O–H groups in total. The average molecular weight is 195 g/mol. The molecule has 1 saturated heterocycles. The van der Waals surface area contributed by atoms with Crippen LogP contribution in [0.1, 0.15) is 11.5 Å². The summed E-state index contributed by atoms with van der Waals surface area (Å²) in [7, 11) is 0. The third-order valence-electron chi connectivity index (χ3n) is 3.21. The van der Waals surface area contributed by atoms with E-state index >= 15 is 0 Å². The largest absolute Gasteiger partial charge is 0.379 e. The van der Waals surface area contributed by atoms with Crippen LogP contribution in [0.15, 0.2) is 30.3 Å². The second-order valence-electron chi connectivity index (χ2n) is 3.94. The predicted molar refractivity (Wildman–Crippen MR) is 52.1 cm³/mol. The van der Waals surface area contributed by atoms with Crippen molar-refractivity contribution in [1.82, 2.24) is 0 Å². The van der Waals surface area contributed by atoms with Gasteiger partial charge in [-0.15, -0.1) is 11.6 Å². The quantitative estimate of drug-likeness (QED) is 0.624. The van der Waals surface area contributed by atoms with Crippen LogP contribution >= 0.6 is 11.6 Å². The zero-order valence-electron chi connectivity index (χ0n) is 7.24. The van der Waals surface area contributed by atoms with Gasteiger partial charge in [-0.2, -0.15) is 0 Å². The summed E-state index contributed by atoms with van der Waals surface area (Å²) in [5.74, 6) is 1.08. The van der Waals surface area contributed by atoms with E-state index in [4.69, 9.17) is 16.3 Å². The highest BCUT2D eigenvalue weighted by Crippen LogP contribution is 2.65. The Morgan fingerprint density at radius 2 is 2.08 bits per heavy atom. The summed E-state index contributed by atoms with van der Waals surface area (Å²) >= 11 is 6.42. The molecule has 3 atom stereocenters. The number of fused-ring (bicyclic) bond motifs is 1. The van der Waals surface area contributed by atoms with Gasteiger partial charge in [0, 0.05) is 11.8 Å². The van der Waals surface area contributed by atoms with Crippen LogP contribution in [-0.2, 0) is 4.74 Å². The molecule has 0 aromatic heterocycles. The fourth-order valence-electron chi connectivity index (χ4n) is 2.43. The van der Waals surface area contributed by atoms with Gasteiger partial charge in [0.15, 0.2) is 0 Å². The molecule has 3 unspecified atom stereocenters. The first-order valence-corrected chi connectivity index (χ1v) is 5.02. The molecule has 13 heavy (non-hydrogen) atoms. The van der Waals surface area contributed by atoms with Crippen molar-refractivity contribution in [1.29, 1.82) is 0 Å². The Hall–Kier alpha value is -0.530. The minimum Gasteiger partial charge on any atom is -0.379 e. The summed E-state index contributed by atoms with van der Waals surface area (Å²) in [6, 6.07) is 10.5. The molecule has 2 aliphatic rings. The standard InChI is InChI=1S/C11H11ClO/c12-11-7-13-6-9(11)10(11)8-4-2-1-3-5-8/h1-5,9-10H,6-7H2. The van der Waals surface area contributed by atoms with Crippen molar-refractivity contribution in [2.45, 2.75) is 10.8 Å². The van der Waals surface area contributed by atoms with E-state index in [1.54, 1.807) is 0 Å². The summed E-state index contributed by atoms with van der Waals surface area (Å²) in [5, 5.41) is 0. The highest BCUT2D eigenvalue weighted by Gasteiger charge is 2.67. The van der Waals surface area contributed by atoms with Crippen molar-refractivity contribution < 1.29 is 4.74 Å². The zero-order chi connectivity index (χ0) is 8.89. The topological polar surface area (TPSA) is 9.23 Å². The van der Waals surface area contributed by atoms with Gasteiger partial charge >= 0.3 is 0 Å². The smallest absolute Gasteiger partial charge is 0.0808 e. The van der Waals surface area contributed by atoms with E-state index in [1.807, 2.05) is 6.07 Å². The third-order valence-corrected chi connectivity index (χ3v) is 3.83. The monoisotopic (exact) mass is 194 g/mol. The molecule has 1 aliphatic heterocycles. The first kappa shape index (κ1) is 7.84. The Morgan fingerprint density at radius 1 is 1.31 bits per heavy atom. The Balaban J connectivity index is 1.91. The second-order valence-corrected chi connectivity index (χ2v) is 4.64. The van der Waals surface area contributed by atoms with Crippen LogP contribution in [0, 0.1) is 5.92 Å². The van der Waals surface area contributed by atoms with E-state index in [0.717, 1.165) is 13.2 Å². The molecule has 0 spiro atoms. The molecule has 2 heteroatoms. The lowest BCUT2D eigenvalue weighted by molar-refractivity contribution is 0.163. The minimum atomic E-state index is -0.0681. The van der Waals surface area contributed by atoms with Gasteiger partial charge in [-0.25, -0.2) is 0 Å². The van der Waals surface area contributed by atoms with Crippen molar-refractivity contribution >= 4 is 11.6 Å². The van der Waals surface area contributed by atoms with Gasteiger partial charge in [-0.1, -0.05) is 30.3 Å². The Labute approximate surface area is 82.7 Å². The van der Waals surface area contributed by atoms with Crippen LogP contribution in [0.25, 0.3) is 0 Å². The van der Waals surface area contributed by atoms with Gasteiger partial charge in [0.1, 0.15) is 0 Å². The van der Waals surface area contributed by atoms with E-state index in [2.05, 4.69) is 24.3 Å². The maximum atomic E-state index is 6.42. The molecule has 1 heterocycles. The molecule has 1 aromatic carbocycles. The number of benzene rings is 1. The van der Waals surface area contributed by atoms with Gasteiger partial charge < -0.3 is 4.74 Å². The lowest BCUT2D eigenvalue weighted by Crippen LogP contribution is -2.07. The maximum absolute atomic E-state index is 6.42. The van der Waals surface area contributed by atoms with E-state index in [1.165, 1.54) is 5.56 Å². The number of ether oxygens (including phenoxy) is 1. The van der Waals surface area contributed by atoms with Gasteiger partial charge in [0.05, 0.1) is 18.1 Å². The van der Waals surface area contributed by atoms with Crippen LogP contribution < -0.4 is 0 Å². The number of alkyl halides is 1. The van der Waals surface area contributed by atoms with Crippen molar-refractivity contribution in [2.75, 3.05) is 13.2 Å². The lowest BCUT2D eigenvalue weighted by Gasteiger charge is -2.06. The first-order valence-electron chi connectivity index (χ1n) is 4.64. The van der Waals surface area contributed by atoms with Crippen molar-refractivity contribution in [3.8, 4) is 0 Å². The van der Waals surface area contributed by atoms with Crippen LogP contribution in [-0.4, -0.2) is 18.1 Å². The van der Waals surface area contributed by atoms with Crippen molar-refractivity contribution in [2.24, 2.45) is 5.92 Å². The normalized spacial score (nSPS) is 41.6. The molecule has 1 aromatic rings. The van der Waals surface area contributed by atoms with Crippen molar-refractivity contribution in [3.63, 3.8) is 0 Å². The van der Waals surface area contributed by atoms with Crippen LogP contribution in [0.4, 0.5) is 0 Å². The van der Waals surface area contributed by atoms with Gasteiger partial charge in [-0.05, 0) is 5.56 Å². The molecule has 2 fully saturated rings. The Bertz CT molecular complexity index is 324. The van der Waals surface area contributed by atoms with E-state index in [-0.39, 0.29) is 4.87 Å². The van der Waals surface area contributed by atoms with E-state index in [9.17, 15) is 0 Å². The van der Waals surface area contributed by atoms with Crippen LogP contribution in [0.2, 0.25) is 0 Å². The van der Waals surface area contributed by atoms with Gasteiger partial charge in [0.25, 0.3) is 0 Å². The SMILES string of the molecule is ClC12COCC1C2c1ccccc1. The number of rotatable bonds is 1. The predicted octanol–water partition coefficient (Wildman–Crippen LogP) is 2.41. The van der Waals surface area contributed by atoms with Crippen LogP contribution in [0.5, 0.6) is 0 Å². The molecule has 1 saturated carbocycles. The highest BCUT2D eigenvalue weighted by molar-refractivity contribution is 6.27. The third kappa shape index (κ3) is 0.976. The summed E-state index contributed by atoms with van der Waals surface area (Å²) in [4.78, 5) is -0.0681. The average Bonchev–Trinajstić information content (AvgIpc) is 2.55. The zero-order valence-corrected chi connectivity index (χ0v) is 8.00. The second kappa shape index (κ2) is 2.49. The van der Waals surface area contributed by atoms with E-state index < -0.39 is 0 Å². The van der Waals surface area contributed by atoms with E-state index in [0.29, 0.717) is 11.8 Å². The molecule has 0 radical (unpaired) electrons. The summed E-state index contributed by atoms with van der Waals surface area (Å²) in [6.45, 7) is 1.56. The molecule has 0 amide bonds. The maximum Gasteiger partial charge on any atom is 0.0808 e. The molecular weight excluding hydrogens is 184 g/mol. The molecule has 3 rings (SSSR count). The van der Waals surface area contributed by atoms with Gasteiger partial charge in [-0.3, -0.25) is 0 Å². The fourth-order valence-corrected chi connectivity index (χ4v) is 2.91. The minimum absolute atomic E-state index is 0.0681. The summed E-state index contributed by atoms with van der Waals surface area (Å²) < 4.78 is 5.33. The first-order chi connectivity index (χ1) is 6.32. The van der Waals surface area contributed by atoms with Gasteiger partial charge in [0.2, 0.25) is 0 Å². The number of hydrogen-bond donors (Lipinski definition) is 0. The molecule has 0 bridgehead atoms. The molecule has 1 aliphatic carbocycles. The molecular formula is C11H11ClO. The fraction of sp³-hybridized carbons (Fsp3) is 0.455. The molecule has 68 valence electrons. The van der Waals surface area contributed by atoms with Crippen molar-refractivity contribution in [3.05, 3.63) is 35.9 Å². The Morgan fingerprint density at radius 3 is 2.69 bits per heavy atom. The number of hydrogen-bond acceptors (Lipinski definition) is 1. The number of halogens is 1. The highest BCUT2D eigenvalue weighted by atomic mass is 35.5.